The number of benzene rings is 2. The van der Waals surface area contributed by atoms with Crippen LogP contribution in [0.3, 0.4) is 0 Å². The molecule has 0 atom stereocenters. The highest BCUT2D eigenvalue weighted by Gasteiger charge is 2.18. The zero-order valence-electron chi connectivity index (χ0n) is 13.6. The summed E-state index contributed by atoms with van der Waals surface area (Å²) >= 11 is 0. The summed E-state index contributed by atoms with van der Waals surface area (Å²) in [6.45, 7) is 0. The van der Waals surface area contributed by atoms with Gasteiger partial charge in [0.05, 0.1) is 29.9 Å². The van der Waals surface area contributed by atoms with Gasteiger partial charge in [0.2, 0.25) is 5.78 Å². The number of nitrogens with one attached hydrogen (secondary N) is 1. The summed E-state index contributed by atoms with van der Waals surface area (Å²) in [6.07, 6.45) is 1.75. The molecule has 0 amide bonds. The van der Waals surface area contributed by atoms with Crippen LogP contribution >= 0.6 is 0 Å². The normalized spacial score (nSPS) is 11.1. The molecule has 2 heterocycles. The van der Waals surface area contributed by atoms with Crippen LogP contribution in [0, 0.1) is 0 Å². The minimum absolute atomic E-state index is 0.226. The Balaban J connectivity index is 1.83. The smallest absolute Gasteiger partial charge is 0.337 e. The van der Waals surface area contributed by atoms with Crippen LogP contribution in [0.5, 0.6) is 0 Å². The molecule has 0 aliphatic rings. The van der Waals surface area contributed by atoms with Crippen LogP contribution in [-0.2, 0) is 11.8 Å². The van der Waals surface area contributed by atoms with E-state index in [9.17, 15) is 9.59 Å². The molecule has 2 aromatic heterocycles. The Bertz CT molecular complexity index is 1140. The molecule has 0 radical (unpaired) electrons. The molecular weight excluding hydrogens is 320 g/mol. The van der Waals surface area contributed by atoms with Gasteiger partial charge in [-0.1, -0.05) is 12.1 Å². The van der Waals surface area contributed by atoms with Crippen molar-refractivity contribution in [2.24, 2.45) is 7.05 Å². The van der Waals surface area contributed by atoms with Crippen molar-refractivity contribution in [2.45, 2.75) is 0 Å². The van der Waals surface area contributed by atoms with Crippen LogP contribution in [0.4, 0.5) is 0 Å². The highest BCUT2D eigenvalue weighted by molar-refractivity contribution is 6.16. The molecule has 0 aliphatic carbocycles. The average molecular weight is 334 g/mol. The lowest BCUT2D eigenvalue weighted by atomic mass is 10.0. The van der Waals surface area contributed by atoms with E-state index in [-0.39, 0.29) is 11.5 Å². The molecule has 0 bridgehead atoms. The second-order valence-corrected chi connectivity index (χ2v) is 5.70. The first-order valence-electron chi connectivity index (χ1n) is 7.61. The summed E-state index contributed by atoms with van der Waals surface area (Å²) < 4.78 is 6.45. The van der Waals surface area contributed by atoms with Crippen LogP contribution in [-0.4, -0.2) is 38.8 Å². The Morgan fingerprint density at radius 2 is 1.92 bits per heavy atom. The summed E-state index contributed by atoms with van der Waals surface area (Å²) in [5.74, 6) is -0.686. The minimum atomic E-state index is -0.460. The topological polar surface area (TPSA) is 89.9 Å². The predicted molar refractivity (Wildman–Crippen MR) is 91.6 cm³/mol. The van der Waals surface area contributed by atoms with Gasteiger partial charge >= 0.3 is 5.97 Å². The Hall–Kier alpha value is -3.48. The van der Waals surface area contributed by atoms with E-state index in [1.807, 2.05) is 13.1 Å². The molecule has 0 saturated heterocycles. The van der Waals surface area contributed by atoms with E-state index in [0.29, 0.717) is 22.0 Å². The summed E-state index contributed by atoms with van der Waals surface area (Å²) in [4.78, 5) is 24.7. The molecule has 0 fully saturated rings. The SMILES string of the molecule is COC(=O)c1ccc2[nH]nc(C(=O)c3ccc4cnn(C)c4c3)c2c1. The maximum absolute atomic E-state index is 12.9. The standard InChI is InChI=1S/C18H14N4O3/c1-22-15-8-10(3-4-12(15)9-19-22)17(23)16-13-7-11(18(24)25-2)5-6-14(13)20-21-16/h3-9H,1-2H3,(H,20,21). The van der Waals surface area contributed by atoms with Gasteiger partial charge in [0.25, 0.3) is 0 Å². The summed E-state index contributed by atoms with van der Waals surface area (Å²) in [6, 6.07) is 10.3. The van der Waals surface area contributed by atoms with Crippen molar-refractivity contribution in [2.75, 3.05) is 7.11 Å². The molecule has 1 N–H and O–H groups in total. The zero-order valence-corrected chi connectivity index (χ0v) is 13.6. The lowest BCUT2D eigenvalue weighted by Gasteiger charge is -2.02. The lowest BCUT2D eigenvalue weighted by molar-refractivity contribution is 0.0600. The van der Waals surface area contributed by atoms with E-state index in [1.165, 1.54) is 7.11 Å². The van der Waals surface area contributed by atoms with E-state index in [2.05, 4.69) is 15.3 Å². The number of H-pyrrole nitrogens is 1. The predicted octanol–water partition coefficient (Wildman–Crippen LogP) is 2.47. The first kappa shape index (κ1) is 15.1. The number of nitrogens with zero attached hydrogens (tertiary/aromatic N) is 3. The van der Waals surface area contributed by atoms with E-state index in [4.69, 9.17) is 4.74 Å². The van der Waals surface area contributed by atoms with Crippen molar-refractivity contribution in [3.05, 3.63) is 59.4 Å². The van der Waals surface area contributed by atoms with Crippen molar-refractivity contribution >= 4 is 33.6 Å². The number of ketones is 1. The third-order valence-corrected chi connectivity index (χ3v) is 4.21. The number of hydrogen-bond donors (Lipinski definition) is 1. The largest absolute Gasteiger partial charge is 0.465 e. The number of hydrogen-bond acceptors (Lipinski definition) is 5. The molecule has 2 aromatic carbocycles. The fourth-order valence-electron chi connectivity index (χ4n) is 2.85. The molecular formula is C18H14N4O3. The van der Waals surface area contributed by atoms with Gasteiger partial charge in [-0.25, -0.2) is 4.79 Å². The fraction of sp³-hybridized carbons (Fsp3) is 0.111. The monoisotopic (exact) mass is 334 g/mol. The number of aryl methyl sites for hydroxylation is 1. The zero-order chi connectivity index (χ0) is 17.6. The second-order valence-electron chi connectivity index (χ2n) is 5.70. The van der Waals surface area contributed by atoms with Gasteiger partial charge in [-0.15, -0.1) is 0 Å². The van der Waals surface area contributed by atoms with Crippen molar-refractivity contribution in [3.8, 4) is 0 Å². The molecule has 4 aromatic rings. The number of aromatic amines is 1. The maximum Gasteiger partial charge on any atom is 0.337 e. The van der Waals surface area contributed by atoms with E-state index in [1.54, 1.807) is 41.2 Å². The van der Waals surface area contributed by atoms with Gasteiger partial charge in [-0.3, -0.25) is 14.6 Å². The molecule has 124 valence electrons. The Kier molecular flexibility index (Phi) is 3.35. The molecule has 7 nitrogen and oxygen atoms in total. The second kappa shape index (κ2) is 5.55. The highest BCUT2D eigenvalue weighted by atomic mass is 16.5. The third kappa shape index (κ3) is 2.37. The highest BCUT2D eigenvalue weighted by Crippen LogP contribution is 2.23. The van der Waals surface area contributed by atoms with Crippen molar-refractivity contribution in [1.82, 2.24) is 20.0 Å². The van der Waals surface area contributed by atoms with E-state index < -0.39 is 5.97 Å². The van der Waals surface area contributed by atoms with Crippen LogP contribution in [0.1, 0.15) is 26.4 Å². The maximum atomic E-state index is 12.9. The molecule has 25 heavy (non-hydrogen) atoms. The van der Waals surface area contributed by atoms with Crippen LogP contribution in [0.2, 0.25) is 0 Å². The van der Waals surface area contributed by atoms with E-state index in [0.717, 1.165) is 10.9 Å². The Morgan fingerprint density at radius 3 is 2.72 bits per heavy atom. The van der Waals surface area contributed by atoms with Gasteiger partial charge < -0.3 is 4.74 Å². The summed E-state index contributed by atoms with van der Waals surface area (Å²) in [5.41, 5.74) is 2.68. The number of fused-ring (bicyclic) bond motifs is 2. The van der Waals surface area contributed by atoms with Gasteiger partial charge in [0.1, 0.15) is 5.69 Å². The first-order valence-corrected chi connectivity index (χ1v) is 7.61. The molecule has 7 heteroatoms. The first-order chi connectivity index (χ1) is 12.1. The quantitative estimate of drug-likeness (QED) is 0.459. The van der Waals surface area contributed by atoms with Gasteiger partial charge in [-0.05, 0) is 24.3 Å². The lowest BCUT2D eigenvalue weighted by Crippen LogP contribution is -2.04. The van der Waals surface area contributed by atoms with Crippen LogP contribution in [0.15, 0.2) is 42.6 Å². The van der Waals surface area contributed by atoms with Crippen molar-refractivity contribution in [1.29, 1.82) is 0 Å². The number of carbonyl (C=O) groups excluding carboxylic acids is 2. The van der Waals surface area contributed by atoms with E-state index >= 15 is 0 Å². The van der Waals surface area contributed by atoms with Crippen LogP contribution < -0.4 is 0 Å². The number of methoxy groups -OCH3 is 1. The number of esters is 1. The van der Waals surface area contributed by atoms with Gasteiger partial charge in [-0.2, -0.15) is 10.2 Å². The summed E-state index contributed by atoms with van der Waals surface area (Å²) in [7, 11) is 3.14. The van der Waals surface area contributed by atoms with Crippen molar-refractivity contribution in [3.63, 3.8) is 0 Å². The van der Waals surface area contributed by atoms with Gasteiger partial charge in [0.15, 0.2) is 0 Å². The van der Waals surface area contributed by atoms with Crippen LogP contribution in [0.25, 0.3) is 21.8 Å². The summed E-state index contributed by atoms with van der Waals surface area (Å²) in [5, 5.41) is 12.7. The minimum Gasteiger partial charge on any atom is -0.465 e. The van der Waals surface area contributed by atoms with Gasteiger partial charge in [0, 0.05) is 23.4 Å². The molecule has 0 saturated carbocycles. The molecule has 0 spiro atoms. The number of rotatable bonds is 3. The molecule has 0 unspecified atom stereocenters. The molecule has 4 rings (SSSR count). The average Bonchev–Trinajstić information content (AvgIpc) is 3.23. The Labute approximate surface area is 142 Å². The fourth-order valence-corrected chi connectivity index (χ4v) is 2.85. The Morgan fingerprint density at radius 1 is 1.12 bits per heavy atom. The third-order valence-electron chi connectivity index (χ3n) is 4.21. The number of aromatic nitrogens is 4. The molecule has 0 aliphatic heterocycles. The number of ether oxygens (including phenoxy) is 1. The van der Waals surface area contributed by atoms with Crippen molar-refractivity contribution < 1.29 is 14.3 Å². The number of carbonyl (C=O) groups is 2.